The van der Waals surface area contributed by atoms with Gasteiger partial charge in [-0.05, 0) is 41.8 Å². The zero-order valence-corrected chi connectivity index (χ0v) is 12.0. The van der Waals surface area contributed by atoms with Gasteiger partial charge in [0.2, 0.25) is 0 Å². The Morgan fingerprint density at radius 1 is 0.700 bits per heavy atom. The number of hydrogen-bond donors (Lipinski definition) is 0. The molecule has 2 aromatic carbocycles. The molecule has 0 spiro atoms. The summed E-state index contributed by atoms with van der Waals surface area (Å²) in [6.45, 7) is 1.33. The SMILES string of the molecule is COc1ccc(CCOCc2ccc(OC)cc2)cc1. The van der Waals surface area contributed by atoms with Crippen molar-refractivity contribution in [3.05, 3.63) is 59.7 Å². The van der Waals surface area contributed by atoms with E-state index in [4.69, 9.17) is 14.2 Å². The maximum Gasteiger partial charge on any atom is 0.118 e. The van der Waals surface area contributed by atoms with Gasteiger partial charge in [0.25, 0.3) is 0 Å². The maximum atomic E-state index is 5.68. The van der Waals surface area contributed by atoms with Gasteiger partial charge < -0.3 is 14.2 Å². The fraction of sp³-hybridized carbons (Fsp3) is 0.294. The summed E-state index contributed by atoms with van der Waals surface area (Å²) < 4.78 is 15.9. The van der Waals surface area contributed by atoms with Gasteiger partial charge in [0.15, 0.2) is 0 Å². The lowest BCUT2D eigenvalue weighted by Crippen LogP contribution is -1.99. The number of benzene rings is 2. The van der Waals surface area contributed by atoms with Crippen molar-refractivity contribution in [2.75, 3.05) is 20.8 Å². The second-order valence-electron chi connectivity index (χ2n) is 4.50. The summed E-state index contributed by atoms with van der Waals surface area (Å²) in [7, 11) is 3.34. The quantitative estimate of drug-likeness (QED) is 0.722. The molecule has 106 valence electrons. The molecule has 0 N–H and O–H groups in total. The molecule has 0 amide bonds. The zero-order valence-electron chi connectivity index (χ0n) is 12.0. The van der Waals surface area contributed by atoms with E-state index >= 15 is 0 Å². The van der Waals surface area contributed by atoms with Gasteiger partial charge >= 0.3 is 0 Å². The summed E-state index contributed by atoms with van der Waals surface area (Å²) in [6, 6.07) is 16.0. The van der Waals surface area contributed by atoms with E-state index in [-0.39, 0.29) is 0 Å². The molecule has 0 saturated carbocycles. The van der Waals surface area contributed by atoms with Gasteiger partial charge in [-0.25, -0.2) is 0 Å². The second-order valence-corrected chi connectivity index (χ2v) is 4.50. The predicted molar refractivity (Wildman–Crippen MR) is 79.3 cm³/mol. The topological polar surface area (TPSA) is 27.7 Å². The van der Waals surface area contributed by atoms with Crippen molar-refractivity contribution in [2.24, 2.45) is 0 Å². The molecule has 0 fully saturated rings. The van der Waals surface area contributed by atoms with Gasteiger partial charge in [0.05, 0.1) is 27.4 Å². The standard InChI is InChI=1S/C17H20O3/c1-18-16-7-3-14(4-8-16)11-12-20-13-15-5-9-17(19-2)10-6-15/h3-10H,11-13H2,1-2H3. The minimum Gasteiger partial charge on any atom is -0.497 e. The van der Waals surface area contributed by atoms with Crippen LogP contribution in [0.1, 0.15) is 11.1 Å². The van der Waals surface area contributed by atoms with Crippen molar-refractivity contribution >= 4 is 0 Å². The summed E-state index contributed by atoms with van der Waals surface area (Å²) in [6.07, 6.45) is 0.903. The summed E-state index contributed by atoms with van der Waals surface area (Å²) in [4.78, 5) is 0. The average Bonchev–Trinajstić information content (AvgIpc) is 2.53. The van der Waals surface area contributed by atoms with E-state index in [2.05, 4.69) is 12.1 Å². The van der Waals surface area contributed by atoms with Crippen LogP contribution >= 0.6 is 0 Å². The van der Waals surface area contributed by atoms with E-state index in [9.17, 15) is 0 Å². The minimum atomic E-state index is 0.625. The highest BCUT2D eigenvalue weighted by Crippen LogP contribution is 2.13. The fourth-order valence-corrected chi connectivity index (χ4v) is 1.89. The molecule has 0 aromatic heterocycles. The lowest BCUT2D eigenvalue weighted by atomic mass is 10.1. The molecular formula is C17H20O3. The van der Waals surface area contributed by atoms with Crippen LogP contribution in [-0.4, -0.2) is 20.8 Å². The number of rotatable bonds is 7. The Kier molecular flexibility index (Phi) is 5.44. The van der Waals surface area contributed by atoms with Gasteiger partial charge in [-0.1, -0.05) is 24.3 Å². The highest BCUT2D eigenvalue weighted by atomic mass is 16.5. The smallest absolute Gasteiger partial charge is 0.118 e. The van der Waals surface area contributed by atoms with Crippen LogP contribution in [0.2, 0.25) is 0 Å². The van der Waals surface area contributed by atoms with Crippen molar-refractivity contribution in [2.45, 2.75) is 13.0 Å². The molecule has 20 heavy (non-hydrogen) atoms. The van der Waals surface area contributed by atoms with Gasteiger partial charge in [0.1, 0.15) is 11.5 Å². The van der Waals surface area contributed by atoms with Crippen LogP contribution in [0.4, 0.5) is 0 Å². The first-order chi connectivity index (χ1) is 9.81. The summed E-state index contributed by atoms with van der Waals surface area (Å²) >= 11 is 0. The molecule has 0 bridgehead atoms. The van der Waals surface area contributed by atoms with Gasteiger partial charge in [-0.3, -0.25) is 0 Å². The van der Waals surface area contributed by atoms with E-state index in [1.54, 1.807) is 14.2 Å². The first-order valence-corrected chi connectivity index (χ1v) is 6.65. The summed E-state index contributed by atoms with van der Waals surface area (Å²) in [5, 5.41) is 0. The molecule has 0 heterocycles. The molecule has 0 unspecified atom stereocenters. The van der Waals surface area contributed by atoms with E-state index < -0.39 is 0 Å². The van der Waals surface area contributed by atoms with E-state index in [1.165, 1.54) is 5.56 Å². The molecule has 3 heteroatoms. The van der Waals surface area contributed by atoms with Crippen molar-refractivity contribution < 1.29 is 14.2 Å². The third-order valence-corrected chi connectivity index (χ3v) is 3.12. The lowest BCUT2D eigenvalue weighted by molar-refractivity contribution is 0.124. The molecule has 2 aromatic rings. The predicted octanol–water partition coefficient (Wildman–Crippen LogP) is 3.46. The molecule has 0 aliphatic rings. The summed E-state index contributed by atoms with van der Waals surface area (Å²) in [5.41, 5.74) is 2.40. The second kappa shape index (κ2) is 7.56. The monoisotopic (exact) mass is 272 g/mol. The first-order valence-electron chi connectivity index (χ1n) is 6.65. The lowest BCUT2D eigenvalue weighted by Gasteiger charge is -2.06. The van der Waals surface area contributed by atoms with Crippen molar-refractivity contribution in [3.63, 3.8) is 0 Å². The normalized spacial score (nSPS) is 10.3. The maximum absolute atomic E-state index is 5.68. The van der Waals surface area contributed by atoms with Crippen LogP contribution in [0.15, 0.2) is 48.5 Å². The van der Waals surface area contributed by atoms with Crippen LogP contribution in [0.25, 0.3) is 0 Å². The van der Waals surface area contributed by atoms with Crippen molar-refractivity contribution in [1.82, 2.24) is 0 Å². The van der Waals surface area contributed by atoms with E-state index in [1.807, 2.05) is 36.4 Å². The van der Waals surface area contributed by atoms with Crippen LogP contribution in [-0.2, 0) is 17.8 Å². The molecule has 0 radical (unpaired) electrons. The highest BCUT2D eigenvalue weighted by molar-refractivity contribution is 5.27. The van der Waals surface area contributed by atoms with Crippen LogP contribution in [0, 0.1) is 0 Å². The van der Waals surface area contributed by atoms with Crippen LogP contribution in [0.5, 0.6) is 11.5 Å². The molecule has 2 rings (SSSR count). The van der Waals surface area contributed by atoms with Crippen LogP contribution in [0.3, 0.4) is 0 Å². The van der Waals surface area contributed by atoms with E-state index in [0.29, 0.717) is 13.2 Å². The fourth-order valence-electron chi connectivity index (χ4n) is 1.89. The molecule has 0 aliphatic carbocycles. The number of hydrogen-bond acceptors (Lipinski definition) is 3. The summed E-state index contributed by atoms with van der Waals surface area (Å²) in [5.74, 6) is 1.75. The number of methoxy groups -OCH3 is 2. The molecule has 0 aliphatic heterocycles. The molecule has 3 nitrogen and oxygen atoms in total. The molecule has 0 atom stereocenters. The van der Waals surface area contributed by atoms with Gasteiger partial charge in [-0.15, -0.1) is 0 Å². The third-order valence-electron chi connectivity index (χ3n) is 3.12. The zero-order chi connectivity index (χ0) is 14.2. The van der Waals surface area contributed by atoms with E-state index in [0.717, 1.165) is 23.5 Å². The largest absolute Gasteiger partial charge is 0.497 e. The Morgan fingerprint density at radius 3 is 1.70 bits per heavy atom. The Hall–Kier alpha value is -2.00. The van der Waals surface area contributed by atoms with Gasteiger partial charge in [-0.2, -0.15) is 0 Å². The molecule has 0 saturated heterocycles. The van der Waals surface area contributed by atoms with Crippen LogP contribution < -0.4 is 9.47 Å². The Morgan fingerprint density at radius 2 is 1.20 bits per heavy atom. The van der Waals surface area contributed by atoms with Crippen molar-refractivity contribution in [3.8, 4) is 11.5 Å². The Labute approximate surface area is 120 Å². The Bertz CT molecular complexity index is 453. The van der Waals surface area contributed by atoms with Crippen molar-refractivity contribution in [1.29, 1.82) is 0 Å². The number of ether oxygens (including phenoxy) is 3. The Balaban J connectivity index is 1.72. The molecular weight excluding hydrogens is 252 g/mol. The first kappa shape index (κ1) is 14.4. The minimum absolute atomic E-state index is 0.625. The highest BCUT2D eigenvalue weighted by Gasteiger charge is 1.97. The average molecular weight is 272 g/mol. The van der Waals surface area contributed by atoms with Gasteiger partial charge in [0, 0.05) is 0 Å². The third kappa shape index (κ3) is 4.28.